The van der Waals surface area contributed by atoms with E-state index in [4.69, 9.17) is 9.84 Å². The molecule has 0 unspecified atom stereocenters. The van der Waals surface area contributed by atoms with Gasteiger partial charge < -0.3 is 4.74 Å². The summed E-state index contributed by atoms with van der Waals surface area (Å²) >= 11 is 0. The summed E-state index contributed by atoms with van der Waals surface area (Å²) in [6.45, 7) is 0.224. The van der Waals surface area contributed by atoms with Crippen molar-refractivity contribution >= 4 is 45.5 Å². The molecule has 188 valence electrons. The van der Waals surface area contributed by atoms with Crippen molar-refractivity contribution in [3.63, 3.8) is 0 Å². The first-order valence-electron chi connectivity index (χ1n) is 13.4. The highest BCUT2D eigenvalue weighted by molar-refractivity contribution is 6.91. The van der Waals surface area contributed by atoms with Gasteiger partial charge in [0.1, 0.15) is 17.3 Å². The molecule has 3 aromatic heterocycles. The molecule has 5 nitrogen and oxygen atoms in total. The number of hydrogen-bond acceptors (Lipinski definition) is 3. The third kappa shape index (κ3) is 3.73. The van der Waals surface area contributed by atoms with Gasteiger partial charge in [-0.05, 0) is 54.0 Å². The standard InChI is InChI=1S/C34H23BN4O/c1-2-9-24(10-3-1)35-19-18-31-30(35)23-38(37-31)25-11-8-12-26(21-25)40-27-16-17-29-28-13-4-5-14-32(28)39(33(29)22-27)34-15-6-7-20-36-34/h1-23H. The number of benzene rings is 4. The molecule has 0 saturated heterocycles. The summed E-state index contributed by atoms with van der Waals surface area (Å²) in [6, 6.07) is 39.3. The number of fused-ring (bicyclic) bond motifs is 4. The van der Waals surface area contributed by atoms with E-state index >= 15 is 0 Å². The molecule has 40 heavy (non-hydrogen) atoms. The quantitative estimate of drug-likeness (QED) is 0.252. The Morgan fingerprint density at radius 2 is 1.50 bits per heavy atom. The zero-order valence-electron chi connectivity index (χ0n) is 21.6. The minimum absolute atomic E-state index is 0.224. The van der Waals surface area contributed by atoms with Crippen LogP contribution in [0.5, 0.6) is 11.5 Å². The van der Waals surface area contributed by atoms with Crippen molar-refractivity contribution in [3.05, 3.63) is 139 Å². The molecule has 0 N–H and O–H groups in total. The van der Waals surface area contributed by atoms with Gasteiger partial charge in [-0.2, -0.15) is 5.10 Å². The Hall–Kier alpha value is -5.36. The fraction of sp³-hybridized carbons (Fsp3) is 0. The second kappa shape index (κ2) is 9.14. The van der Waals surface area contributed by atoms with Gasteiger partial charge in [-0.3, -0.25) is 4.57 Å². The number of aromatic nitrogens is 4. The van der Waals surface area contributed by atoms with Crippen LogP contribution in [0.1, 0.15) is 5.69 Å². The molecule has 0 amide bonds. The van der Waals surface area contributed by atoms with E-state index < -0.39 is 0 Å². The van der Waals surface area contributed by atoms with E-state index in [-0.39, 0.29) is 6.71 Å². The molecule has 1 aliphatic rings. The maximum absolute atomic E-state index is 6.41. The highest BCUT2D eigenvalue weighted by atomic mass is 16.5. The first kappa shape index (κ1) is 22.6. The van der Waals surface area contributed by atoms with Crippen LogP contribution in [0.3, 0.4) is 0 Å². The van der Waals surface area contributed by atoms with E-state index in [0.717, 1.165) is 45.1 Å². The van der Waals surface area contributed by atoms with Crippen molar-refractivity contribution in [1.82, 2.24) is 19.3 Å². The van der Waals surface area contributed by atoms with Crippen LogP contribution in [0.2, 0.25) is 0 Å². The lowest BCUT2D eigenvalue weighted by Crippen LogP contribution is -2.38. The summed E-state index contributed by atoms with van der Waals surface area (Å²) in [4.78, 5) is 4.63. The molecule has 0 aliphatic carbocycles. The first-order valence-corrected chi connectivity index (χ1v) is 13.4. The van der Waals surface area contributed by atoms with Crippen molar-refractivity contribution < 1.29 is 4.74 Å². The Morgan fingerprint density at radius 1 is 0.675 bits per heavy atom. The van der Waals surface area contributed by atoms with Crippen molar-refractivity contribution in [1.29, 1.82) is 0 Å². The van der Waals surface area contributed by atoms with Gasteiger partial charge in [-0.15, -0.1) is 5.98 Å². The van der Waals surface area contributed by atoms with Gasteiger partial charge >= 0.3 is 0 Å². The normalized spacial score (nSPS) is 12.3. The van der Waals surface area contributed by atoms with Crippen LogP contribution in [0, 0.1) is 0 Å². The smallest absolute Gasteiger partial charge is 0.238 e. The highest BCUT2D eigenvalue weighted by Gasteiger charge is 2.26. The molecular weight excluding hydrogens is 491 g/mol. The maximum Gasteiger partial charge on any atom is 0.238 e. The van der Waals surface area contributed by atoms with Crippen LogP contribution < -0.4 is 15.7 Å². The van der Waals surface area contributed by atoms with Gasteiger partial charge in [-0.1, -0.05) is 66.1 Å². The van der Waals surface area contributed by atoms with Crippen LogP contribution in [-0.4, -0.2) is 26.0 Å². The summed E-state index contributed by atoms with van der Waals surface area (Å²) in [5.74, 6) is 4.61. The van der Waals surface area contributed by atoms with Crippen LogP contribution >= 0.6 is 0 Å². The van der Waals surface area contributed by atoms with Crippen molar-refractivity contribution in [3.8, 4) is 23.0 Å². The molecule has 1 aliphatic heterocycles. The zero-order valence-corrected chi connectivity index (χ0v) is 21.6. The number of rotatable bonds is 5. The molecule has 0 saturated carbocycles. The number of nitrogens with zero attached hydrogens (tertiary/aromatic N) is 4. The summed E-state index contributed by atoms with van der Waals surface area (Å²) in [6.07, 6.45) is 6.06. The monoisotopic (exact) mass is 514 g/mol. The first-order chi connectivity index (χ1) is 19.8. The lowest BCUT2D eigenvalue weighted by molar-refractivity contribution is 0.483. The molecule has 0 bridgehead atoms. The summed E-state index contributed by atoms with van der Waals surface area (Å²) in [7, 11) is 0. The third-order valence-electron chi connectivity index (χ3n) is 7.55. The summed E-state index contributed by atoms with van der Waals surface area (Å²) in [5, 5.41) is 7.21. The average molecular weight is 514 g/mol. The second-order valence-corrected chi connectivity index (χ2v) is 9.98. The number of pyridine rings is 1. The third-order valence-corrected chi connectivity index (χ3v) is 7.55. The van der Waals surface area contributed by atoms with E-state index in [2.05, 4.69) is 94.5 Å². The lowest BCUT2D eigenvalue weighted by atomic mass is 9.43. The van der Waals surface area contributed by atoms with Crippen LogP contribution in [0.4, 0.5) is 0 Å². The molecule has 0 radical (unpaired) electrons. The maximum atomic E-state index is 6.41. The van der Waals surface area contributed by atoms with Crippen LogP contribution in [0.15, 0.2) is 134 Å². The lowest BCUT2D eigenvalue weighted by Gasteiger charge is -2.10. The molecule has 0 fully saturated rings. The van der Waals surface area contributed by atoms with Crippen LogP contribution in [0.25, 0.3) is 39.4 Å². The van der Waals surface area contributed by atoms with Crippen LogP contribution in [-0.2, 0) is 0 Å². The molecule has 4 aromatic carbocycles. The van der Waals surface area contributed by atoms with Gasteiger partial charge in [0, 0.05) is 35.3 Å². The van der Waals surface area contributed by atoms with Gasteiger partial charge in [0.15, 0.2) is 0 Å². The highest BCUT2D eigenvalue weighted by Crippen LogP contribution is 2.35. The molecule has 8 rings (SSSR count). The number of ether oxygens (including phenoxy) is 1. The van der Waals surface area contributed by atoms with Gasteiger partial charge in [0.25, 0.3) is 0 Å². The fourth-order valence-corrected chi connectivity index (χ4v) is 5.72. The zero-order chi connectivity index (χ0) is 26.5. The Bertz CT molecular complexity index is 2040. The molecule has 4 heterocycles. The number of hydrogen-bond donors (Lipinski definition) is 0. The predicted octanol–water partition coefficient (Wildman–Crippen LogP) is 6.33. The van der Waals surface area contributed by atoms with Gasteiger partial charge in [-0.25, -0.2) is 9.67 Å². The van der Waals surface area contributed by atoms with E-state index in [9.17, 15) is 0 Å². The molecule has 6 heteroatoms. The summed E-state index contributed by atoms with van der Waals surface area (Å²) < 4.78 is 10.5. The largest absolute Gasteiger partial charge is 0.457 e. The van der Waals surface area contributed by atoms with E-state index in [1.807, 2.05) is 59.4 Å². The Kier molecular flexibility index (Phi) is 5.17. The topological polar surface area (TPSA) is 44.9 Å². The molecular formula is C34H23BN4O. The van der Waals surface area contributed by atoms with E-state index in [1.54, 1.807) is 0 Å². The van der Waals surface area contributed by atoms with Crippen molar-refractivity contribution in [2.24, 2.45) is 0 Å². The average Bonchev–Trinajstić information content (AvgIpc) is 3.69. The molecule has 7 aromatic rings. The van der Waals surface area contributed by atoms with Crippen molar-refractivity contribution in [2.45, 2.75) is 0 Å². The van der Waals surface area contributed by atoms with Gasteiger partial charge in [0.2, 0.25) is 6.71 Å². The summed E-state index contributed by atoms with van der Waals surface area (Å²) in [5.41, 5.74) is 6.61. The van der Waals surface area contributed by atoms with Crippen molar-refractivity contribution in [2.75, 3.05) is 0 Å². The predicted molar refractivity (Wildman–Crippen MR) is 163 cm³/mol. The molecule has 0 spiro atoms. The Labute approximate surface area is 231 Å². The SMILES string of the molecule is C1=Cc2nn(-c3cccc(Oc4ccc5c6ccccc6n(-c6ccccn6)c5c4)c3)cc2B1c1ccccc1. The molecule has 0 atom stereocenters. The minimum Gasteiger partial charge on any atom is -0.457 e. The Balaban J connectivity index is 1.15. The fourth-order valence-electron chi connectivity index (χ4n) is 5.72. The van der Waals surface area contributed by atoms with Gasteiger partial charge in [0.05, 0.1) is 22.4 Å². The van der Waals surface area contributed by atoms with E-state index in [1.165, 1.54) is 16.3 Å². The Morgan fingerprint density at radius 3 is 2.40 bits per heavy atom. The van der Waals surface area contributed by atoms with E-state index in [0.29, 0.717) is 0 Å². The minimum atomic E-state index is 0.224. The second-order valence-electron chi connectivity index (χ2n) is 9.98. The number of para-hydroxylation sites is 1.